The van der Waals surface area contributed by atoms with Crippen molar-refractivity contribution in [3.8, 4) is 0 Å². The summed E-state index contributed by atoms with van der Waals surface area (Å²) >= 11 is 0. The number of alkyl halides is 3. The molecule has 0 spiro atoms. The largest absolute Gasteiger partial charge is 0.406 e. The quantitative estimate of drug-likeness (QED) is 0.371. The molecule has 4 rings (SSSR count). The highest BCUT2D eigenvalue weighted by atomic mass is 19.4. The van der Waals surface area contributed by atoms with Gasteiger partial charge in [0.15, 0.2) is 11.4 Å². The molecule has 6 nitrogen and oxygen atoms in total. The smallest absolute Gasteiger partial charge is 0.392 e. The number of hydrogen-bond acceptors (Lipinski definition) is 4. The third kappa shape index (κ3) is 5.06. The van der Waals surface area contributed by atoms with Crippen LogP contribution in [0.15, 0.2) is 78.9 Å². The molecule has 0 bridgehead atoms. The minimum absolute atomic E-state index is 0.00824. The second kappa shape index (κ2) is 9.52. The number of nitrogens with zero attached hydrogens (tertiary/aromatic N) is 2. The summed E-state index contributed by atoms with van der Waals surface area (Å²) < 4.78 is 42.2. The molecular weight excluding hydrogens is 459 g/mol. The van der Waals surface area contributed by atoms with Crippen molar-refractivity contribution in [2.24, 2.45) is 0 Å². The summed E-state index contributed by atoms with van der Waals surface area (Å²) in [6, 6.07) is 20.9. The fourth-order valence-electron chi connectivity index (χ4n) is 4.01. The molecule has 0 aliphatic carbocycles. The summed E-state index contributed by atoms with van der Waals surface area (Å²) in [5.74, 6) is -0.765. The molecule has 0 radical (unpaired) electrons. The summed E-state index contributed by atoms with van der Waals surface area (Å²) in [5.41, 5.74) is -0.953. The Bertz CT molecular complexity index is 1280. The van der Waals surface area contributed by atoms with E-state index in [0.29, 0.717) is 11.1 Å². The lowest BCUT2D eigenvalue weighted by Crippen LogP contribution is -2.34. The Labute approximate surface area is 199 Å². The van der Waals surface area contributed by atoms with Gasteiger partial charge in [-0.2, -0.15) is 13.2 Å². The summed E-state index contributed by atoms with van der Waals surface area (Å²) in [7, 11) is 0. The van der Waals surface area contributed by atoms with Crippen LogP contribution >= 0.6 is 0 Å². The predicted octanol–water partition coefficient (Wildman–Crippen LogP) is 3.99. The van der Waals surface area contributed by atoms with Crippen molar-refractivity contribution in [3.05, 3.63) is 101 Å². The molecule has 1 aromatic heterocycles. The summed E-state index contributed by atoms with van der Waals surface area (Å²) in [5, 5.41) is 24.0. The van der Waals surface area contributed by atoms with Gasteiger partial charge in [0.05, 0.1) is 17.1 Å². The molecule has 0 unspecified atom stereocenters. The molecule has 0 aliphatic heterocycles. The van der Waals surface area contributed by atoms with Gasteiger partial charge in [-0.1, -0.05) is 60.7 Å². The third-order valence-electron chi connectivity index (χ3n) is 5.61. The molecule has 182 valence electrons. The number of aliphatic hydroxyl groups excluding tert-OH is 1. The first-order chi connectivity index (χ1) is 16.6. The minimum atomic E-state index is -4.62. The lowest BCUT2D eigenvalue weighted by molar-refractivity contribution is -0.141. The van der Waals surface area contributed by atoms with Gasteiger partial charge in [-0.05, 0) is 36.2 Å². The van der Waals surface area contributed by atoms with Crippen LogP contribution < -0.4 is 5.32 Å². The number of benzene rings is 3. The molecule has 3 N–H and O–H groups in total. The molecule has 0 saturated carbocycles. The Hall–Kier alpha value is -3.69. The fourth-order valence-corrected chi connectivity index (χ4v) is 4.01. The van der Waals surface area contributed by atoms with E-state index in [1.807, 2.05) is 0 Å². The fraction of sp³-hybridized carbons (Fsp3) is 0.231. The van der Waals surface area contributed by atoms with Crippen LogP contribution in [0.3, 0.4) is 0 Å². The molecule has 3 aromatic carbocycles. The van der Waals surface area contributed by atoms with Crippen LogP contribution in [0.4, 0.5) is 13.2 Å². The number of imidazole rings is 1. The predicted molar refractivity (Wildman–Crippen MR) is 125 cm³/mol. The van der Waals surface area contributed by atoms with Crippen molar-refractivity contribution in [2.75, 3.05) is 6.54 Å². The topological polar surface area (TPSA) is 87.4 Å². The summed E-state index contributed by atoms with van der Waals surface area (Å²) in [6.07, 6.45) is -5.40. The zero-order valence-electron chi connectivity index (χ0n) is 18.8. The number of rotatable bonds is 7. The molecule has 1 atom stereocenters. The third-order valence-corrected chi connectivity index (χ3v) is 5.61. The Morgan fingerprint density at radius 2 is 1.57 bits per heavy atom. The molecule has 1 amide bonds. The molecule has 0 fully saturated rings. The van der Waals surface area contributed by atoms with Crippen molar-refractivity contribution in [3.63, 3.8) is 0 Å². The van der Waals surface area contributed by atoms with E-state index < -0.39 is 30.3 Å². The number of carbonyl (C=O) groups excluding carboxylic acids is 1. The van der Waals surface area contributed by atoms with E-state index in [1.54, 1.807) is 60.7 Å². The number of nitrogens with one attached hydrogen (secondary N) is 1. The Kier molecular flexibility index (Phi) is 6.64. The number of halogens is 3. The van der Waals surface area contributed by atoms with Crippen LogP contribution in [0, 0.1) is 0 Å². The van der Waals surface area contributed by atoms with Gasteiger partial charge in [0.2, 0.25) is 0 Å². The van der Waals surface area contributed by atoms with Gasteiger partial charge < -0.3 is 20.1 Å². The SMILES string of the molecule is C[C@@H](O)CNC(=O)c1ccc2nc(C(O)(c3ccccc3)c3ccccc3)n(CC(F)(F)F)c2c1. The Morgan fingerprint density at radius 3 is 2.09 bits per heavy atom. The van der Waals surface area contributed by atoms with Gasteiger partial charge in [-0.15, -0.1) is 0 Å². The highest BCUT2D eigenvalue weighted by molar-refractivity contribution is 5.97. The maximum Gasteiger partial charge on any atom is 0.406 e. The number of aromatic nitrogens is 2. The minimum Gasteiger partial charge on any atom is -0.392 e. The lowest BCUT2D eigenvalue weighted by Gasteiger charge is -2.30. The number of carbonyl (C=O) groups is 1. The average molecular weight is 483 g/mol. The second-order valence-electron chi connectivity index (χ2n) is 8.34. The van der Waals surface area contributed by atoms with E-state index in [-0.39, 0.29) is 29.0 Å². The van der Waals surface area contributed by atoms with Gasteiger partial charge in [0.1, 0.15) is 6.54 Å². The number of amides is 1. The maximum atomic E-state index is 13.8. The molecule has 0 aliphatic rings. The van der Waals surface area contributed by atoms with Gasteiger partial charge in [0, 0.05) is 12.1 Å². The number of hydrogen-bond donors (Lipinski definition) is 3. The first-order valence-electron chi connectivity index (χ1n) is 11.0. The van der Waals surface area contributed by atoms with Crippen molar-refractivity contribution in [1.82, 2.24) is 14.9 Å². The first-order valence-corrected chi connectivity index (χ1v) is 11.0. The van der Waals surface area contributed by atoms with Crippen LogP contribution in [0.2, 0.25) is 0 Å². The molecule has 35 heavy (non-hydrogen) atoms. The zero-order chi connectivity index (χ0) is 25.2. The zero-order valence-corrected chi connectivity index (χ0v) is 18.8. The van der Waals surface area contributed by atoms with Crippen LogP contribution in [-0.2, 0) is 12.1 Å². The van der Waals surface area contributed by atoms with Gasteiger partial charge in [-0.25, -0.2) is 4.98 Å². The van der Waals surface area contributed by atoms with Crippen LogP contribution in [0.5, 0.6) is 0 Å². The summed E-state index contributed by atoms with van der Waals surface area (Å²) in [6.45, 7) is 0.0768. The van der Waals surface area contributed by atoms with Gasteiger partial charge in [0.25, 0.3) is 5.91 Å². The van der Waals surface area contributed by atoms with Crippen molar-refractivity contribution in [1.29, 1.82) is 0 Å². The second-order valence-corrected chi connectivity index (χ2v) is 8.34. The monoisotopic (exact) mass is 483 g/mol. The molecule has 1 heterocycles. The molecule has 4 aromatic rings. The standard InChI is InChI=1S/C26H24F3N3O3/c1-17(33)15-30-23(34)18-12-13-21-22(14-18)32(16-25(27,28)29)24(31-21)26(35,19-8-4-2-5-9-19)20-10-6-3-7-11-20/h2-14,17,33,35H,15-16H2,1H3,(H,30,34)/t17-/m1/s1. The lowest BCUT2D eigenvalue weighted by atomic mass is 9.85. The normalized spacial score (nSPS) is 13.1. The van der Waals surface area contributed by atoms with Crippen molar-refractivity contribution in [2.45, 2.75) is 31.3 Å². The highest BCUT2D eigenvalue weighted by Crippen LogP contribution is 2.38. The summed E-state index contributed by atoms with van der Waals surface area (Å²) in [4.78, 5) is 17.0. The van der Waals surface area contributed by atoms with Gasteiger partial charge >= 0.3 is 6.18 Å². The van der Waals surface area contributed by atoms with Crippen LogP contribution in [0.25, 0.3) is 11.0 Å². The van der Waals surface area contributed by atoms with E-state index in [9.17, 15) is 28.2 Å². The van der Waals surface area contributed by atoms with Gasteiger partial charge in [-0.3, -0.25) is 4.79 Å². The number of aliphatic hydroxyl groups is 2. The van der Waals surface area contributed by atoms with Crippen LogP contribution in [-0.4, -0.2) is 44.5 Å². The van der Waals surface area contributed by atoms with E-state index in [4.69, 9.17) is 0 Å². The highest BCUT2D eigenvalue weighted by Gasteiger charge is 2.41. The van der Waals surface area contributed by atoms with E-state index in [1.165, 1.54) is 25.1 Å². The average Bonchev–Trinajstić information content (AvgIpc) is 3.19. The molecule has 9 heteroatoms. The first kappa shape index (κ1) is 24.4. The van der Waals surface area contributed by atoms with E-state index in [2.05, 4.69) is 10.3 Å². The van der Waals surface area contributed by atoms with Crippen molar-refractivity contribution >= 4 is 16.9 Å². The molecular formula is C26H24F3N3O3. The van der Waals surface area contributed by atoms with E-state index >= 15 is 0 Å². The van der Waals surface area contributed by atoms with Crippen molar-refractivity contribution < 1.29 is 28.2 Å². The number of fused-ring (bicyclic) bond motifs is 1. The van der Waals surface area contributed by atoms with Crippen LogP contribution in [0.1, 0.15) is 34.2 Å². The Balaban J connectivity index is 1.96. The van der Waals surface area contributed by atoms with E-state index in [0.717, 1.165) is 4.57 Å². The maximum absolute atomic E-state index is 13.8. The Morgan fingerprint density at radius 1 is 1.00 bits per heavy atom. The molecule has 0 saturated heterocycles.